The number of hydrogen-bond acceptors (Lipinski definition) is 4. The molecule has 0 unspecified atom stereocenters. The highest BCUT2D eigenvalue weighted by atomic mass is 16.5. The predicted molar refractivity (Wildman–Crippen MR) is 99.7 cm³/mol. The van der Waals surface area contributed by atoms with Crippen molar-refractivity contribution in [2.45, 2.75) is 37.8 Å². The maximum atomic E-state index is 12.7. The van der Waals surface area contributed by atoms with Crippen LogP contribution in [-0.2, 0) is 0 Å². The van der Waals surface area contributed by atoms with Crippen LogP contribution in [0, 0.1) is 0 Å². The highest BCUT2D eigenvalue weighted by Crippen LogP contribution is 2.33. The van der Waals surface area contributed by atoms with E-state index in [0.717, 1.165) is 35.9 Å². The standard InChI is InChI=1S/C21H19N3O3/c25-20-17-6-1-2-7-18(17)21(26)24(20)14-4-3-5-15(11-14)27-16-8-9-19-13(10-16)12-22-23-19/h1-2,6-10,12,14-15H,3-5,11H2,(H,22,23)/t14-,15-/m1/s1. The van der Waals surface area contributed by atoms with Crippen molar-refractivity contribution in [1.82, 2.24) is 15.1 Å². The molecular formula is C21H19N3O3. The first-order chi connectivity index (χ1) is 13.2. The number of carbonyl (C=O) groups excluding carboxylic acids is 2. The lowest BCUT2D eigenvalue weighted by Gasteiger charge is -2.34. The molecule has 1 aromatic heterocycles. The van der Waals surface area contributed by atoms with Gasteiger partial charge < -0.3 is 4.74 Å². The van der Waals surface area contributed by atoms with Gasteiger partial charge in [0.15, 0.2) is 0 Å². The van der Waals surface area contributed by atoms with Gasteiger partial charge in [-0.2, -0.15) is 5.10 Å². The third kappa shape index (κ3) is 2.68. The Morgan fingerprint density at radius 3 is 2.59 bits per heavy atom. The van der Waals surface area contributed by atoms with Gasteiger partial charge in [-0.3, -0.25) is 19.6 Å². The zero-order valence-corrected chi connectivity index (χ0v) is 14.7. The Morgan fingerprint density at radius 1 is 1.04 bits per heavy atom. The normalized spacial score (nSPS) is 22.3. The lowest BCUT2D eigenvalue weighted by molar-refractivity contribution is 0.0452. The minimum atomic E-state index is -0.180. The highest BCUT2D eigenvalue weighted by molar-refractivity contribution is 6.21. The van der Waals surface area contributed by atoms with Crippen molar-refractivity contribution < 1.29 is 14.3 Å². The van der Waals surface area contributed by atoms with E-state index in [2.05, 4.69) is 10.2 Å². The lowest BCUT2D eigenvalue weighted by atomic mass is 9.91. The van der Waals surface area contributed by atoms with Gasteiger partial charge >= 0.3 is 0 Å². The molecule has 1 fully saturated rings. The highest BCUT2D eigenvalue weighted by Gasteiger charge is 2.41. The number of hydrogen-bond donors (Lipinski definition) is 1. The fraction of sp³-hybridized carbons (Fsp3) is 0.286. The Balaban J connectivity index is 1.34. The monoisotopic (exact) mass is 361 g/mol. The first-order valence-electron chi connectivity index (χ1n) is 9.27. The smallest absolute Gasteiger partial charge is 0.261 e. The molecule has 27 heavy (non-hydrogen) atoms. The molecule has 0 saturated heterocycles. The number of aromatic amines is 1. The largest absolute Gasteiger partial charge is 0.490 e. The first kappa shape index (κ1) is 16.1. The van der Waals surface area contributed by atoms with Crippen molar-refractivity contribution in [2.75, 3.05) is 0 Å². The zero-order valence-electron chi connectivity index (χ0n) is 14.7. The van der Waals surface area contributed by atoms with E-state index in [4.69, 9.17) is 4.74 Å². The van der Waals surface area contributed by atoms with Crippen LogP contribution in [0.25, 0.3) is 10.9 Å². The Bertz CT molecular complexity index is 1010. The molecule has 5 rings (SSSR count). The van der Waals surface area contributed by atoms with Gasteiger partial charge in [0.05, 0.1) is 22.8 Å². The van der Waals surface area contributed by atoms with E-state index in [1.807, 2.05) is 18.2 Å². The predicted octanol–water partition coefficient (Wildman–Crippen LogP) is 3.55. The van der Waals surface area contributed by atoms with Gasteiger partial charge in [0.25, 0.3) is 11.8 Å². The average Bonchev–Trinajstić information content (AvgIpc) is 3.25. The Morgan fingerprint density at radius 2 is 1.81 bits per heavy atom. The van der Waals surface area contributed by atoms with Crippen molar-refractivity contribution in [3.8, 4) is 5.75 Å². The molecule has 1 aliphatic heterocycles. The Hall–Kier alpha value is -3.15. The number of aromatic nitrogens is 2. The number of imide groups is 1. The fourth-order valence-corrected chi connectivity index (χ4v) is 4.19. The van der Waals surface area contributed by atoms with Crippen molar-refractivity contribution in [3.63, 3.8) is 0 Å². The Labute approximate surface area is 156 Å². The second-order valence-corrected chi connectivity index (χ2v) is 7.21. The summed E-state index contributed by atoms with van der Waals surface area (Å²) in [6.45, 7) is 0. The summed E-state index contributed by atoms with van der Waals surface area (Å²) < 4.78 is 6.18. The van der Waals surface area contributed by atoms with Gasteiger partial charge in [-0.05, 0) is 49.6 Å². The molecule has 3 aromatic rings. The molecule has 0 bridgehead atoms. The molecule has 6 heteroatoms. The molecule has 1 saturated carbocycles. The van der Waals surface area contributed by atoms with E-state index in [9.17, 15) is 9.59 Å². The number of nitrogens with one attached hydrogen (secondary N) is 1. The second-order valence-electron chi connectivity index (χ2n) is 7.21. The van der Waals surface area contributed by atoms with Gasteiger partial charge in [0, 0.05) is 17.8 Å². The number of fused-ring (bicyclic) bond motifs is 2. The van der Waals surface area contributed by atoms with E-state index >= 15 is 0 Å². The van der Waals surface area contributed by atoms with E-state index in [0.29, 0.717) is 17.5 Å². The number of H-pyrrole nitrogens is 1. The average molecular weight is 361 g/mol. The van der Waals surface area contributed by atoms with E-state index in [1.165, 1.54) is 4.90 Å². The van der Waals surface area contributed by atoms with Crippen LogP contribution in [0.3, 0.4) is 0 Å². The van der Waals surface area contributed by atoms with Crippen LogP contribution >= 0.6 is 0 Å². The van der Waals surface area contributed by atoms with Gasteiger partial charge in [0.1, 0.15) is 11.9 Å². The summed E-state index contributed by atoms with van der Waals surface area (Å²) in [6, 6.07) is 12.8. The summed E-state index contributed by atoms with van der Waals surface area (Å²) in [4.78, 5) is 26.9. The number of amides is 2. The van der Waals surface area contributed by atoms with Crippen LogP contribution < -0.4 is 4.74 Å². The topological polar surface area (TPSA) is 75.3 Å². The third-order valence-corrected chi connectivity index (χ3v) is 5.50. The fourth-order valence-electron chi connectivity index (χ4n) is 4.19. The summed E-state index contributed by atoms with van der Waals surface area (Å²) in [5, 5.41) is 7.95. The molecule has 0 radical (unpaired) electrons. The molecule has 136 valence electrons. The van der Waals surface area contributed by atoms with E-state index in [-0.39, 0.29) is 24.0 Å². The quantitative estimate of drug-likeness (QED) is 0.724. The molecule has 1 aliphatic carbocycles. The number of ether oxygens (including phenoxy) is 1. The van der Waals surface area contributed by atoms with Crippen molar-refractivity contribution in [3.05, 3.63) is 59.8 Å². The van der Waals surface area contributed by atoms with Gasteiger partial charge in [0.2, 0.25) is 0 Å². The van der Waals surface area contributed by atoms with E-state index < -0.39 is 0 Å². The second kappa shape index (κ2) is 6.23. The summed E-state index contributed by atoms with van der Waals surface area (Å²) in [5.74, 6) is 0.430. The molecule has 2 atom stereocenters. The van der Waals surface area contributed by atoms with Crippen LogP contribution in [0.5, 0.6) is 5.75 Å². The SMILES string of the molecule is O=C1c2ccccc2C(=O)N1[C@@H]1CCC[C@@H](Oc2ccc3[nH]ncc3c2)C1. The summed E-state index contributed by atoms with van der Waals surface area (Å²) in [6.07, 6.45) is 5.09. The minimum Gasteiger partial charge on any atom is -0.490 e. The van der Waals surface area contributed by atoms with Crippen LogP contribution in [0.15, 0.2) is 48.7 Å². The van der Waals surface area contributed by atoms with Gasteiger partial charge in [-0.25, -0.2) is 0 Å². The van der Waals surface area contributed by atoms with Gasteiger partial charge in [-0.1, -0.05) is 12.1 Å². The molecule has 2 aliphatic rings. The molecule has 2 aromatic carbocycles. The van der Waals surface area contributed by atoms with Crippen molar-refractivity contribution >= 4 is 22.7 Å². The van der Waals surface area contributed by atoms with Crippen LogP contribution in [0.2, 0.25) is 0 Å². The lowest BCUT2D eigenvalue weighted by Crippen LogP contribution is -2.44. The molecule has 0 spiro atoms. The molecule has 6 nitrogen and oxygen atoms in total. The summed E-state index contributed by atoms with van der Waals surface area (Å²) in [5.41, 5.74) is 1.99. The van der Waals surface area contributed by atoms with Crippen LogP contribution in [-0.4, -0.2) is 39.1 Å². The Kier molecular flexibility index (Phi) is 3.70. The number of nitrogens with zero attached hydrogens (tertiary/aromatic N) is 2. The zero-order chi connectivity index (χ0) is 18.4. The number of benzene rings is 2. The van der Waals surface area contributed by atoms with Crippen LogP contribution in [0.1, 0.15) is 46.4 Å². The third-order valence-electron chi connectivity index (χ3n) is 5.50. The maximum absolute atomic E-state index is 12.7. The van der Waals surface area contributed by atoms with Crippen LogP contribution in [0.4, 0.5) is 0 Å². The molecule has 1 N–H and O–H groups in total. The number of carbonyl (C=O) groups is 2. The molecule has 2 heterocycles. The van der Waals surface area contributed by atoms with E-state index in [1.54, 1.807) is 30.5 Å². The summed E-state index contributed by atoms with van der Waals surface area (Å²) >= 11 is 0. The first-order valence-corrected chi connectivity index (χ1v) is 9.27. The summed E-state index contributed by atoms with van der Waals surface area (Å²) in [7, 11) is 0. The molecule has 2 amide bonds. The number of rotatable bonds is 3. The van der Waals surface area contributed by atoms with Crippen molar-refractivity contribution in [2.24, 2.45) is 0 Å². The maximum Gasteiger partial charge on any atom is 0.261 e. The minimum absolute atomic E-state index is 0.0163. The van der Waals surface area contributed by atoms with Gasteiger partial charge in [-0.15, -0.1) is 0 Å². The van der Waals surface area contributed by atoms with Crippen molar-refractivity contribution in [1.29, 1.82) is 0 Å². The molecular weight excluding hydrogens is 342 g/mol.